The Morgan fingerprint density at radius 2 is 2.08 bits per heavy atom. The predicted octanol–water partition coefficient (Wildman–Crippen LogP) is 1.88. The summed E-state index contributed by atoms with van der Waals surface area (Å²) < 4.78 is 1.88. The van der Waals surface area contributed by atoms with Crippen LogP contribution in [0.2, 0.25) is 0 Å². The number of likely N-dealkylation sites (N-methyl/N-ethyl adjacent to an activating group) is 1. The van der Waals surface area contributed by atoms with E-state index in [0.717, 1.165) is 29.1 Å². The molecule has 0 fully saturated rings. The minimum Gasteiger partial charge on any atom is -0.347 e. The fourth-order valence-corrected chi connectivity index (χ4v) is 2.82. The van der Waals surface area contributed by atoms with Gasteiger partial charge in [-0.05, 0) is 45.6 Å². The summed E-state index contributed by atoms with van der Waals surface area (Å²) in [7, 11) is 4.00. The average molecular weight is 340 g/mol. The number of carbonyl (C=O) groups excluding carboxylic acids is 1. The first-order chi connectivity index (χ1) is 12.0. The maximum absolute atomic E-state index is 13.3. The Hall–Kier alpha value is -2.67. The van der Waals surface area contributed by atoms with Gasteiger partial charge in [0.2, 0.25) is 0 Å². The first kappa shape index (κ1) is 17.2. The summed E-state index contributed by atoms with van der Waals surface area (Å²) in [6.07, 6.45) is 5.30. The molecule has 7 nitrogen and oxygen atoms in total. The van der Waals surface area contributed by atoms with Gasteiger partial charge < -0.3 is 14.8 Å². The van der Waals surface area contributed by atoms with Crippen molar-refractivity contribution in [3.8, 4) is 0 Å². The van der Waals surface area contributed by atoms with Gasteiger partial charge in [-0.2, -0.15) is 0 Å². The van der Waals surface area contributed by atoms with Gasteiger partial charge in [0.25, 0.3) is 5.91 Å². The minimum absolute atomic E-state index is 0.0229. The number of fused-ring (bicyclic) bond motifs is 1. The molecule has 0 aliphatic rings. The van der Waals surface area contributed by atoms with Crippen molar-refractivity contribution in [2.24, 2.45) is 0 Å². The summed E-state index contributed by atoms with van der Waals surface area (Å²) in [5, 5.41) is 0. The molecule has 0 bridgehead atoms. The molecule has 0 radical (unpaired) electrons. The van der Waals surface area contributed by atoms with Crippen molar-refractivity contribution < 1.29 is 4.79 Å². The van der Waals surface area contributed by atoms with E-state index in [0.29, 0.717) is 18.8 Å². The first-order valence-electron chi connectivity index (χ1n) is 8.32. The normalized spacial score (nSPS) is 11.4. The van der Waals surface area contributed by atoms with Crippen LogP contribution in [-0.2, 0) is 6.54 Å². The number of amides is 1. The lowest BCUT2D eigenvalue weighted by Crippen LogP contribution is -2.37. The molecule has 3 rings (SSSR count). The third-order valence-corrected chi connectivity index (χ3v) is 4.18. The molecule has 0 aliphatic carbocycles. The molecule has 0 unspecified atom stereocenters. The van der Waals surface area contributed by atoms with Crippen molar-refractivity contribution in [2.45, 2.75) is 20.4 Å². The third-order valence-electron chi connectivity index (χ3n) is 4.18. The molecule has 3 heterocycles. The van der Waals surface area contributed by atoms with E-state index in [9.17, 15) is 4.79 Å². The molecule has 0 aromatic carbocycles. The number of aromatic nitrogens is 4. The first-order valence-corrected chi connectivity index (χ1v) is 8.32. The summed E-state index contributed by atoms with van der Waals surface area (Å²) >= 11 is 0. The lowest BCUT2D eigenvalue weighted by Gasteiger charge is -2.24. The molecular weight excluding hydrogens is 316 g/mol. The zero-order valence-electron chi connectivity index (χ0n) is 15.2. The highest BCUT2D eigenvalue weighted by Gasteiger charge is 2.23. The number of imidazole rings is 2. The molecule has 0 saturated carbocycles. The van der Waals surface area contributed by atoms with Gasteiger partial charge in [-0.3, -0.25) is 9.20 Å². The maximum Gasteiger partial charge on any atom is 0.273 e. The smallest absolute Gasteiger partial charge is 0.273 e. The third kappa shape index (κ3) is 3.71. The van der Waals surface area contributed by atoms with Crippen molar-refractivity contribution in [1.82, 2.24) is 29.2 Å². The highest BCUT2D eigenvalue weighted by molar-refractivity contribution is 5.94. The van der Waals surface area contributed by atoms with Crippen LogP contribution >= 0.6 is 0 Å². The largest absolute Gasteiger partial charge is 0.347 e. The fraction of sp³-hybridized carbons (Fsp3) is 0.389. The monoisotopic (exact) mass is 340 g/mol. The summed E-state index contributed by atoms with van der Waals surface area (Å²) in [5.74, 6) is -0.0229. The zero-order valence-corrected chi connectivity index (χ0v) is 15.2. The van der Waals surface area contributed by atoms with Crippen molar-refractivity contribution in [3.63, 3.8) is 0 Å². The molecule has 3 aromatic heterocycles. The van der Waals surface area contributed by atoms with E-state index in [1.165, 1.54) is 0 Å². The van der Waals surface area contributed by atoms with Crippen LogP contribution in [0.25, 0.3) is 5.65 Å². The van der Waals surface area contributed by atoms with Gasteiger partial charge in [0.15, 0.2) is 0 Å². The van der Waals surface area contributed by atoms with Crippen LogP contribution in [0.1, 0.15) is 27.4 Å². The van der Waals surface area contributed by atoms with Crippen LogP contribution in [-0.4, -0.2) is 62.2 Å². The van der Waals surface area contributed by atoms with Crippen LogP contribution in [0.3, 0.4) is 0 Å². The van der Waals surface area contributed by atoms with Gasteiger partial charge >= 0.3 is 0 Å². The van der Waals surface area contributed by atoms with Gasteiger partial charge in [0.05, 0.1) is 24.3 Å². The lowest BCUT2D eigenvalue weighted by atomic mass is 10.2. The van der Waals surface area contributed by atoms with E-state index >= 15 is 0 Å². The zero-order chi connectivity index (χ0) is 18.0. The van der Waals surface area contributed by atoms with Crippen molar-refractivity contribution in [1.29, 1.82) is 0 Å². The predicted molar refractivity (Wildman–Crippen MR) is 96.5 cm³/mol. The van der Waals surface area contributed by atoms with Crippen LogP contribution in [0, 0.1) is 13.8 Å². The van der Waals surface area contributed by atoms with Crippen LogP contribution in [0.4, 0.5) is 0 Å². The highest BCUT2D eigenvalue weighted by Crippen LogP contribution is 2.17. The standard InChI is InChI=1S/C18H24N6O/c1-13-5-6-24-16(9-13)21-14(2)17(24)18(25)23(8-7-22(3)4)11-15-10-19-12-20-15/h5-6,9-10,12H,7-8,11H2,1-4H3,(H,19,20). The maximum atomic E-state index is 13.3. The van der Waals surface area contributed by atoms with Gasteiger partial charge in [-0.25, -0.2) is 9.97 Å². The Morgan fingerprint density at radius 1 is 1.28 bits per heavy atom. The van der Waals surface area contributed by atoms with E-state index in [2.05, 4.69) is 19.9 Å². The number of nitrogens with one attached hydrogen (secondary N) is 1. The molecule has 1 amide bonds. The molecule has 7 heteroatoms. The van der Waals surface area contributed by atoms with Crippen LogP contribution in [0.5, 0.6) is 0 Å². The molecule has 132 valence electrons. The second-order valence-electron chi connectivity index (χ2n) is 6.58. The Balaban J connectivity index is 1.94. The summed E-state index contributed by atoms with van der Waals surface area (Å²) in [6, 6.07) is 3.98. The SMILES string of the molecule is Cc1ccn2c(C(=O)N(CCN(C)C)Cc3cnc[nH]3)c(C)nc2c1. The molecule has 1 N–H and O–H groups in total. The molecule has 0 aliphatic heterocycles. The number of nitrogens with zero attached hydrogens (tertiary/aromatic N) is 5. The molecule has 3 aromatic rings. The highest BCUT2D eigenvalue weighted by atomic mass is 16.2. The van der Waals surface area contributed by atoms with Gasteiger partial charge in [0.1, 0.15) is 11.3 Å². The van der Waals surface area contributed by atoms with Crippen molar-refractivity contribution in [3.05, 3.63) is 53.5 Å². The second-order valence-corrected chi connectivity index (χ2v) is 6.58. The number of rotatable bonds is 6. The number of hydrogen-bond acceptors (Lipinski definition) is 4. The van der Waals surface area contributed by atoms with E-state index in [1.54, 1.807) is 12.5 Å². The summed E-state index contributed by atoms with van der Waals surface area (Å²) in [5.41, 5.74) is 4.20. The molecular formula is C18H24N6O. The van der Waals surface area contributed by atoms with Gasteiger partial charge in [-0.1, -0.05) is 0 Å². The number of H-pyrrole nitrogens is 1. The Morgan fingerprint density at radius 3 is 2.76 bits per heavy atom. The Kier molecular flexibility index (Phi) is 4.85. The topological polar surface area (TPSA) is 69.5 Å². The Bertz CT molecular complexity index is 865. The molecule has 0 spiro atoms. The van der Waals surface area contributed by atoms with E-state index in [1.807, 2.05) is 55.6 Å². The molecule has 0 atom stereocenters. The lowest BCUT2D eigenvalue weighted by molar-refractivity contribution is 0.0722. The van der Waals surface area contributed by atoms with Crippen LogP contribution in [0.15, 0.2) is 30.9 Å². The fourth-order valence-electron chi connectivity index (χ4n) is 2.82. The Labute approximate surface area is 147 Å². The van der Waals surface area contributed by atoms with Crippen molar-refractivity contribution in [2.75, 3.05) is 27.2 Å². The number of aromatic amines is 1. The van der Waals surface area contributed by atoms with Crippen molar-refractivity contribution >= 4 is 11.6 Å². The number of pyridine rings is 1. The number of carbonyl (C=O) groups is 1. The molecule has 25 heavy (non-hydrogen) atoms. The van der Waals surface area contributed by atoms with E-state index in [-0.39, 0.29) is 5.91 Å². The summed E-state index contributed by atoms with van der Waals surface area (Å²) in [4.78, 5) is 28.9. The number of hydrogen-bond donors (Lipinski definition) is 1. The van der Waals surface area contributed by atoms with Crippen LogP contribution < -0.4 is 0 Å². The van der Waals surface area contributed by atoms with Gasteiger partial charge in [-0.15, -0.1) is 0 Å². The van der Waals surface area contributed by atoms with E-state index < -0.39 is 0 Å². The number of aryl methyl sites for hydroxylation is 2. The van der Waals surface area contributed by atoms with E-state index in [4.69, 9.17) is 0 Å². The second kappa shape index (κ2) is 7.06. The molecule has 0 saturated heterocycles. The summed E-state index contributed by atoms with van der Waals surface area (Å²) in [6.45, 7) is 5.81. The average Bonchev–Trinajstić information content (AvgIpc) is 3.16. The quantitative estimate of drug-likeness (QED) is 0.744. The van der Waals surface area contributed by atoms with Gasteiger partial charge in [0, 0.05) is 25.5 Å². The minimum atomic E-state index is -0.0229.